The van der Waals surface area contributed by atoms with Crippen LogP contribution in [0.3, 0.4) is 0 Å². The molecule has 0 saturated heterocycles. The van der Waals surface area contributed by atoms with Crippen LogP contribution in [0.1, 0.15) is 10.4 Å². The van der Waals surface area contributed by atoms with Gasteiger partial charge >= 0.3 is 0 Å². The molecule has 19 heavy (non-hydrogen) atoms. The molecule has 0 aliphatic rings. The Bertz CT molecular complexity index is 613. The van der Waals surface area contributed by atoms with E-state index in [1.54, 1.807) is 25.2 Å². The van der Waals surface area contributed by atoms with Gasteiger partial charge in [0.05, 0.1) is 11.4 Å². The number of anilines is 3. The van der Waals surface area contributed by atoms with Crippen LogP contribution in [0.25, 0.3) is 0 Å². The van der Waals surface area contributed by atoms with Crippen LogP contribution in [-0.4, -0.2) is 13.0 Å². The lowest BCUT2D eigenvalue weighted by molar-refractivity contribution is 0.0963. The number of hydrogen-bond acceptors (Lipinski definition) is 3. The van der Waals surface area contributed by atoms with Crippen molar-refractivity contribution < 1.29 is 4.79 Å². The summed E-state index contributed by atoms with van der Waals surface area (Å²) >= 11 is 3.41. The molecule has 0 unspecified atom stereocenters. The zero-order valence-corrected chi connectivity index (χ0v) is 12.0. The predicted molar refractivity (Wildman–Crippen MR) is 81.7 cm³/mol. The second-order valence-corrected chi connectivity index (χ2v) is 4.93. The van der Waals surface area contributed by atoms with Gasteiger partial charge in [0.1, 0.15) is 0 Å². The molecule has 0 aliphatic carbocycles. The first-order valence-electron chi connectivity index (χ1n) is 5.74. The van der Waals surface area contributed by atoms with Crippen molar-refractivity contribution in [2.45, 2.75) is 0 Å². The highest BCUT2D eigenvalue weighted by atomic mass is 79.9. The topological polar surface area (TPSA) is 67.2 Å². The van der Waals surface area contributed by atoms with Crippen molar-refractivity contribution in [2.24, 2.45) is 0 Å². The number of nitrogens with one attached hydrogen (secondary N) is 2. The summed E-state index contributed by atoms with van der Waals surface area (Å²) in [6.45, 7) is 0. The standard InChI is InChI=1S/C14H14BrN3O/c1-17-14(19)9-5-6-12(16)13(7-9)18-11-4-2-3-10(15)8-11/h2-8,18H,16H2,1H3,(H,17,19). The minimum atomic E-state index is -0.141. The van der Waals surface area contributed by atoms with Gasteiger partial charge < -0.3 is 16.4 Å². The van der Waals surface area contributed by atoms with E-state index in [1.165, 1.54) is 0 Å². The quantitative estimate of drug-likeness (QED) is 0.761. The summed E-state index contributed by atoms with van der Waals surface area (Å²) in [5.41, 5.74) is 8.67. The Balaban J connectivity index is 2.31. The number of carbonyl (C=O) groups excluding carboxylic acids is 1. The average Bonchev–Trinajstić information content (AvgIpc) is 2.40. The van der Waals surface area contributed by atoms with E-state index in [0.29, 0.717) is 16.9 Å². The van der Waals surface area contributed by atoms with E-state index in [2.05, 4.69) is 26.6 Å². The lowest BCUT2D eigenvalue weighted by Crippen LogP contribution is -2.17. The molecule has 4 N–H and O–H groups in total. The molecule has 0 atom stereocenters. The molecule has 98 valence electrons. The van der Waals surface area contributed by atoms with Crippen molar-refractivity contribution in [3.63, 3.8) is 0 Å². The van der Waals surface area contributed by atoms with Gasteiger partial charge in [-0.1, -0.05) is 22.0 Å². The summed E-state index contributed by atoms with van der Waals surface area (Å²) in [7, 11) is 1.60. The van der Waals surface area contributed by atoms with Crippen LogP contribution < -0.4 is 16.4 Å². The second-order valence-electron chi connectivity index (χ2n) is 4.02. The normalized spacial score (nSPS) is 10.0. The van der Waals surface area contributed by atoms with Crippen LogP contribution in [0.4, 0.5) is 17.1 Å². The third kappa shape index (κ3) is 3.26. The van der Waals surface area contributed by atoms with Crippen molar-refractivity contribution in [1.82, 2.24) is 5.32 Å². The highest BCUT2D eigenvalue weighted by Crippen LogP contribution is 2.26. The van der Waals surface area contributed by atoms with E-state index in [-0.39, 0.29) is 5.91 Å². The molecule has 0 aliphatic heterocycles. The Hall–Kier alpha value is -2.01. The lowest BCUT2D eigenvalue weighted by atomic mass is 10.1. The third-order valence-electron chi connectivity index (χ3n) is 2.65. The monoisotopic (exact) mass is 319 g/mol. The molecule has 0 spiro atoms. The van der Waals surface area contributed by atoms with Crippen molar-refractivity contribution in [3.05, 3.63) is 52.5 Å². The van der Waals surface area contributed by atoms with Gasteiger partial charge in [0.15, 0.2) is 0 Å². The Morgan fingerprint density at radius 1 is 1.21 bits per heavy atom. The fourth-order valence-electron chi connectivity index (χ4n) is 1.67. The van der Waals surface area contributed by atoms with Crippen LogP contribution >= 0.6 is 15.9 Å². The predicted octanol–water partition coefficient (Wildman–Crippen LogP) is 3.13. The molecule has 5 heteroatoms. The Labute approximate surface area is 120 Å². The van der Waals surface area contributed by atoms with E-state index in [1.807, 2.05) is 24.3 Å². The molecule has 1 amide bonds. The molecule has 0 bridgehead atoms. The van der Waals surface area contributed by atoms with E-state index in [0.717, 1.165) is 10.2 Å². The molecule has 2 rings (SSSR count). The molecular formula is C14H14BrN3O. The SMILES string of the molecule is CNC(=O)c1ccc(N)c(Nc2cccc(Br)c2)c1. The van der Waals surface area contributed by atoms with Crippen molar-refractivity contribution in [1.29, 1.82) is 0 Å². The average molecular weight is 320 g/mol. The maximum Gasteiger partial charge on any atom is 0.251 e. The number of nitrogens with two attached hydrogens (primary N) is 1. The number of benzene rings is 2. The zero-order chi connectivity index (χ0) is 13.8. The van der Waals surface area contributed by atoms with Crippen molar-refractivity contribution in [2.75, 3.05) is 18.1 Å². The maximum atomic E-state index is 11.6. The first kappa shape index (κ1) is 13.4. The number of halogens is 1. The molecule has 2 aromatic rings. The Morgan fingerprint density at radius 3 is 2.68 bits per heavy atom. The van der Waals surface area contributed by atoms with Crippen LogP contribution in [0.2, 0.25) is 0 Å². The van der Waals surface area contributed by atoms with Gasteiger partial charge in [-0.3, -0.25) is 4.79 Å². The van der Waals surface area contributed by atoms with Crippen LogP contribution in [0, 0.1) is 0 Å². The molecule has 4 nitrogen and oxygen atoms in total. The van der Waals surface area contributed by atoms with E-state index in [4.69, 9.17) is 5.73 Å². The van der Waals surface area contributed by atoms with E-state index < -0.39 is 0 Å². The van der Waals surface area contributed by atoms with Gasteiger partial charge in [0, 0.05) is 22.8 Å². The molecule has 0 aromatic heterocycles. The summed E-state index contributed by atoms with van der Waals surface area (Å²) in [4.78, 5) is 11.6. The molecule has 0 saturated carbocycles. The van der Waals surface area contributed by atoms with E-state index >= 15 is 0 Å². The third-order valence-corrected chi connectivity index (χ3v) is 3.14. The van der Waals surface area contributed by atoms with Crippen LogP contribution in [0.5, 0.6) is 0 Å². The Morgan fingerprint density at radius 2 is 2.00 bits per heavy atom. The summed E-state index contributed by atoms with van der Waals surface area (Å²) in [5.74, 6) is -0.141. The summed E-state index contributed by atoms with van der Waals surface area (Å²) in [6, 6.07) is 12.9. The number of amides is 1. The first-order valence-corrected chi connectivity index (χ1v) is 6.53. The number of hydrogen-bond donors (Lipinski definition) is 3. The zero-order valence-electron chi connectivity index (χ0n) is 10.4. The van der Waals surface area contributed by atoms with Gasteiger partial charge in [-0.15, -0.1) is 0 Å². The van der Waals surface area contributed by atoms with Crippen LogP contribution in [-0.2, 0) is 0 Å². The minimum Gasteiger partial charge on any atom is -0.397 e. The summed E-state index contributed by atoms with van der Waals surface area (Å²) < 4.78 is 0.971. The van der Waals surface area contributed by atoms with Gasteiger partial charge in [-0.25, -0.2) is 0 Å². The van der Waals surface area contributed by atoms with Gasteiger partial charge in [0.25, 0.3) is 5.91 Å². The summed E-state index contributed by atoms with van der Waals surface area (Å²) in [6.07, 6.45) is 0. The molecule has 0 fully saturated rings. The fraction of sp³-hybridized carbons (Fsp3) is 0.0714. The number of rotatable bonds is 3. The van der Waals surface area contributed by atoms with Crippen LogP contribution in [0.15, 0.2) is 46.9 Å². The van der Waals surface area contributed by atoms with Crippen molar-refractivity contribution in [3.8, 4) is 0 Å². The molecule has 2 aromatic carbocycles. The van der Waals surface area contributed by atoms with Gasteiger partial charge in [-0.05, 0) is 36.4 Å². The highest BCUT2D eigenvalue weighted by molar-refractivity contribution is 9.10. The number of nitrogen functional groups attached to an aromatic ring is 1. The first-order chi connectivity index (χ1) is 9.10. The highest BCUT2D eigenvalue weighted by Gasteiger charge is 2.07. The fourth-order valence-corrected chi connectivity index (χ4v) is 2.07. The molecule has 0 heterocycles. The van der Waals surface area contributed by atoms with Gasteiger partial charge in [0.2, 0.25) is 0 Å². The maximum absolute atomic E-state index is 11.6. The van der Waals surface area contributed by atoms with Crippen molar-refractivity contribution >= 4 is 38.9 Å². The second kappa shape index (κ2) is 5.75. The smallest absolute Gasteiger partial charge is 0.251 e. The lowest BCUT2D eigenvalue weighted by Gasteiger charge is -2.11. The molecular weight excluding hydrogens is 306 g/mol. The van der Waals surface area contributed by atoms with E-state index in [9.17, 15) is 4.79 Å². The minimum absolute atomic E-state index is 0.141. The van der Waals surface area contributed by atoms with Gasteiger partial charge in [-0.2, -0.15) is 0 Å². The Kier molecular flexibility index (Phi) is 4.06. The molecule has 0 radical (unpaired) electrons. The number of carbonyl (C=O) groups is 1. The largest absolute Gasteiger partial charge is 0.397 e. The summed E-state index contributed by atoms with van der Waals surface area (Å²) in [5, 5.41) is 5.78.